The van der Waals surface area contributed by atoms with E-state index in [9.17, 15) is 9.59 Å². The molecule has 4 saturated heterocycles. The Balaban J connectivity index is 0.679. The number of carbonyl (C=O) groups excluding carboxylic acids is 2. The van der Waals surface area contributed by atoms with Gasteiger partial charge in [0.15, 0.2) is 0 Å². The smallest absolute Gasteiger partial charge is 0.317 e. The summed E-state index contributed by atoms with van der Waals surface area (Å²) in [7, 11) is 0. The van der Waals surface area contributed by atoms with Crippen LogP contribution in [0.1, 0.15) is 91.2 Å². The zero-order valence-corrected chi connectivity index (χ0v) is 43.3. The fraction of sp³-hybridized carbons (Fsp3) is 0.517. The molecule has 14 heteroatoms. The molecule has 5 fully saturated rings. The maximum atomic E-state index is 16.1. The molecule has 0 bridgehead atoms. The Bertz CT molecular complexity index is 2890. The molecule has 4 aromatic heterocycles. The number of fused-ring (bicyclic) bond motifs is 2. The summed E-state index contributed by atoms with van der Waals surface area (Å²) in [5, 5.41) is 12.4. The molecule has 4 atom stereocenters. The van der Waals surface area contributed by atoms with Crippen LogP contribution in [0.5, 0.6) is 0 Å². The summed E-state index contributed by atoms with van der Waals surface area (Å²) < 4.78 is 20.0. The highest BCUT2D eigenvalue weighted by Crippen LogP contribution is 2.48. The number of hydrogen-bond acceptors (Lipinski definition) is 8. The van der Waals surface area contributed by atoms with Crippen molar-refractivity contribution < 1.29 is 14.0 Å². The van der Waals surface area contributed by atoms with E-state index in [2.05, 4.69) is 141 Å². The molecule has 11 rings (SSSR count). The summed E-state index contributed by atoms with van der Waals surface area (Å²) in [4.78, 5) is 40.5. The largest absolute Gasteiger partial charge is 0.366 e. The van der Waals surface area contributed by atoms with Crippen molar-refractivity contribution in [1.82, 2.24) is 44.1 Å². The summed E-state index contributed by atoms with van der Waals surface area (Å²) in [6, 6.07) is 26.8. The SMILES string of the molecule is CC(C)NC(=O)N1CCN(c2ccnn3cc(-c4ccc([C@@]5(C)CCCN5C(C)CC5CC5C(=O)N5CCN(c6ccnn7cc(-c8ccc(C9(F)CCN(C(C)C)CC9)cc8)cc67)CC5)cc4)cc23)CC1. The Morgan fingerprint density at radius 2 is 1.18 bits per heavy atom. The molecule has 6 aromatic rings. The minimum absolute atomic E-state index is 0.0102. The Labute approximate surface area is 424 Å². The molecule has 380 valence electrons. The van der Waals surface area contributed by atoms with Crippen molar-refractivity contribution in [1.29, 1.82) is 0 Å². The number of amides is 3. The van der Waals surface area contributed by atoms with Gasteiger partial charge in [-0.2, -0.15) is 10.2 Å². The van der Waals surface area contributed by atoms with Crippen LogP contribution < -0.4 is 15.1 Å². The van der Waals surface area contributed by atoms with Crippen molar-refractivity contribution in [3.63, 3.8) is 0 Å². The molecule has 1 saturated carbocycles. The van der Waals surface area contributed by atoms with Crippen molar-refractivity contribution in [2.24, 2.45) is 11.8 Å². The number of halogens is 1. The molecular formula is C58H74FN11O2. The summed E-state index contributed by atoms with van der Waals surface area (Å²) in [6.45, 7) is 21.7. The first-order valence-corrected chi connectivity index (χ1v) is 27.0. The molecule has 13 nitrogen and oxygen atoms in total. The lowest BCUT2D eigenvalue weighted by atomic mass is 9.85. The molecule has 1 N–H and O–H groups in total. The van der Waals surface area contributed by atoms with Gasteiger partial charge in [-0.1, -0.05) is 48.5 Å². The highest BCUT2D eigenvalue weighted by atomic mass is 19.1. The van der Waals surface area contributed by atoms with Gasteiger partial charge >= 0.3 is 6.03 Å². The van der Waals surface area contributed by atoms with Gasteiger partial charge in [-0.25, -0.2) is 18.2 Å². The quantitative estimate of drug-likeness (QED) is 0.130. The lowest BCUT2D eigenvalue weighted by Gasteiger charge is -2.40. The van der Waals surface area contributed by atoms with Crippen LogP contribution in [0.4, 0.5) is 20.6 Å². The van der Waals surface area contributed by atoms with Crippen molar-refractivity contribution >= 4 is 34.3 Å². The first-order valence-electron chi connectivity index (χ1n) is 27.0. The number of aromatic nitrogens is 4. The maximum Gasteiger partial charge on any atom is 0.317 e. The molecule has 5 aliphatic rings. The number of nitrogens with zero attached hydrogens (tertiary/aromatic N) is 10. The minimum Gasteiger partial charge on any atom is -0.366 e. The number of rotatable bonds is 12. The predicted octanol–water partition coefficient (Wildman–Crippen LogP) is 9.30. The minimum atomic E-state index is -1.28. The first kappa shape index (κ1) is 48.3. The molecule has 0 spiro atoms. The van der Waals surface area contributed by atoms with Gasteiger partial charge in [0.05, 0.1) is 22.4 Å². The van der Waals surface area contributed by atoms with E-state index in [1.807, 2.05) is 52.3 Å². The second-order valence-corrected chi connectivity index (χ2v) is 22.4. The zero-order chi connectivity index (χ0) is 49.9. The Kier molecular flexibility index (Phi) is 13.0. The Hall–Kier alpha value is -5.99. The summed E-state index contributed by atoms with van der Waals surface area (Å²) >= 11 is 0. The van der Waals surface area contributed by atoms with E-state index in [-0.39, 0.29) is 23.5 Å². The van der Waals surface area contributed by atoms with Crippen LogP contribution in [0, 0.1) is 11.8 Å². The number of alkyl halides is 1. The summed E-state index contributed by atoms with van der Waals surface area (Å²) in [5.74, 6) is 0.873. The van der Waals surface area contributed by atoms with E-state index < -0.39 is 5.67 Å². The van der Waals surface area contributed by atoms with Gasteiger partial charge < -0.3 is 29.8 Å². The van der Waals surface area contributed by atoms with Gasteiger partial charge in [-0.15, -0.1) is 0 Å². The molecule has 72 heavy (non-hydrogen) atoms. The van der Waals surface area contributed by atoms with Crippen molar-refractivity contribution in [3.05, 3.63) is 109 Å². The maximum absolute atomic E-state index is 16.1. The summed E-state index contributed by atoms with van der Waals surface area (Å²) in [6.07, 6.45) is 13.3. The van der Waals surface area contributed by atoms with Crippen LogP contribution in [0.25, 0.3) is 33.3 Å². The highest BCUT2D eigenvalue weighted by molar-refractivity contribution is 5.84. The van der Waals surface area contributed by atoms with E-state index in [1.165, 1.54) is 11.1 Å². The van der Waals surface area contributed by atoms with Crippen molar-refractivity contribution in [2.45, 2.75) is 109 Å². The third-order valence-corrected chi connectivity index (χ3v) is 17.2. The normalized spacial score (nSPS) is 23.5. The average Bonchev–Trinajstić information content (AvgIpc) is 3.66. The van der Waals surface area contributed by atoms with Crippen molar-refractivity contribution in [2.75, 3.05) is 81.8 Å². The van der Waals surface area contributed by atoms with Crippen LogP contribution in [0.15, 0.2) is 97.6 Å². The molecule has 8 heterocycles. The predicted molar refractivity (Wildman–Crippen MR) is 285 cm³/mol. The van der Waals surface area contributed by atoms with E-state index in [0.717, 1.165) is 129 Å². The van der Waals surface area contributed by atoms with E-state index in [0.29, 0.717) is 49.8 Å². The number of carbonyl (C=O) groups is 2. The van der Waals surface area contributed by atoms with Gasteiger partial charge in [0, 0.05) is 131 Å². The number of hydrogen-bond donors (Lipinski definition) is 1. The van der Waals surface area contributed by atoms with Crippen LogP contribution in [-0.4, -0.2) is 141 Å². The third-order valence-electron chi connectivity index (χ3n) is 17.2. The number of anilines is 2. The number of benzene rings is 2. The van der Waals surface area contributed by atoms with Gasteiger partial charge in [0.2, 0.25) is 5.91 Å². The number of piperazine rings is 2. The number of nitrogens with one attached hydrogen (secondary N) is 1. The van der Waals surface area contributed by atoms with Crippen LogP contribution >= 0.6 is 0 Å². The summed E-state index contributed by atoms with van der Waals surface area (Å²) in [5.41, 5.74) is 9.59. The number of piperidine rings is 1. The molecule has 1 aliphatic carbocycles. The van der Waals surface area contributed by atoms with E-state index in [1.54, 1.807) is 0 Å². The van der Waals surface area contributed by atoms with Gasteiger partial charge in [-0.3, -0.25) is 9.69 Å². The zero-order valence-electron chi connectivity index (χ0n) is 43.3. The standard InChI is InChI=1S/C58H74FN11O2/c1-40(2)62-56(72)67-32-28-65(29-33-67)52-17-22-61-69-38-46(36-54(52)69)43-8-12-48(13-9-43)57(6)18-7-23-68(57)42(5)34-45-35-50(45)55(71)66-30-26-64(27-31-66)51-16-21-60-70-39-47(37-53(51)70)44-10-14-49(15-11-44)58(59)19-24-63(25-20-58)41(3)4/h8-17,21-22,36-42,45,50H,7,18-20,23-35H2,1-6H3,(H,62,72)/t42?,45?,50?,57-/m1/s1. The van der Waals surface area contributed by atoms with Crippen molar-refractivity contribution in [3.8, 4) is 22.3 Å². The molecule has 3 unspecified atom stereocenters. The second-order valence-electron chi connectivity index (χ2n) is 22.4. The average molecular weight is 976 g/mol. The molecule has 4 aliphatic heterocycles. The monoisotopic (exact) mass is 976 g/mol. The highest BCUT2D eigenvalue weighted by Gasteiger charge is 2.48. The fourth-order valence-electron chi connectivity index (χ4n) is 12.8. The van der Waals surface area contributed by atoms with E-state index >= 15 is 4.39 Å². The van der Waals surface area contributed by atoms with Crippen LogP contribution in [-0.2, 0) is 16.0 Å². The lowest BCUT2D eigenvalue weighted by molar-refractivity contribution is -0.133. The third kappa shape index (κ3) is 9.33. The topological polar surface area (TPSA) is 100 Å². The first-order chi connectivity index (χ1) is 34.7. The Morgan fingerprint density at radius 1 is 0.653 bits per heavy atom. The molecular weight excluding hydrogens is 902 g/mol. The second kappa shape index (κ2) is 19.5. The number of urea groups is 1. The van der Waals surface area contributed by atoms with E-state index in [4.69, 9.17) is 0 Å². The van der Waals surface area contributed by atoms with Gasteiger partial charge in [-0.05, 0) is 139 Å². The van der Waals surface area contributed by atoms with Crippen LogP contribution in [0.2, 0.25) is 0 Å². The fourth-order valence-corrected chi connectivity index (χ4v) is 12.8. The number of likely N-dealkylation sites (tertiary alicyclic amines) is 2. The van der Waals surface area contributed by atoms with Crippen LogP contribution in [0.3, 0.4) is 0 Å². The lowest BCUT2D eigenvalue weighted by Crippen LogP contribution is -2.53. The molecule has 3 amide bonds. The molecule has 2 aromatic carbocycles. The molecule has 0 radical (unpaired) electrons. The van der Waals surface area contributed by atoms with Gasteiger partial charge in [0.1, 0.15) is 5.67 Å². The van der Waals surface area contributed by atoms with Gasteiger partial charge in [0.25, 0.3) is 0 Å². The Morgan fingerprint density at radius 3 is 1.71 bits per heavy atom.